The van der Waals surface area contributed by atoms with E-state index in [9.17, 15) is 0 Å². The Morgan fingerprint density at radius 3 is 2.84 bits per heavy atom. The lowest BCUT2D eigenvalue weighted by atomic mass is 10.1. The third kappa shape index (κ3) is 2.25. The highest BCUT2D eigenvalue weighted by atomic mass is 32.2. The van der Waals surface area contributed by atoms with E-state index in [1.54, 1.807) is 0 Å². The van der Waals surface area contributed by atoms with Gasteiger partial charge in [0.2, 0.25) is 0 Å². The summed E-state index contributed by atoms with van der Waals surface area (Å²) < 4.78 is 5.16. The van der Waals surface area contributed by atoms with Crippen molar-refractivity contribution in [3.63, 3.8) is 0 Å². The first-order valence-corrected chi connectivity index (χ1v) is 8.52. The highest BCUT2D eigenvalue weighted by molar-refractivity contribution is 7.99. The molecule has 3 heterocycles. The van der Waals surface area contributed by atoms with Crippen molar-refractivity contribution < 1.29 is 0 Å². The van der Waals surface area contributed by atoms with Crippen molar-refractivity contribution in [2.45, 2.75) is 38.6 Å². The molecule has 0 unspecified atom stereocenters. The first kappa shape index (κ1) is 13.2. The Balaban J connectivity index is 2.13. The lowest BCUT2D eigenvalue weighted by molar-refractivity contribution is 0.467. The van der Waals surface area contributed by atoms with Gasteiger partial charge < -0.3 is 4.98 Å². The summed E-state index contributed by atoms with van der Waals surface area (Å²) in [7, 11) is 2.03. The number of nitrogens with one attached hydrogen (secondary N) is 1. The fourth-order valence-electron chi connectivity index (χ4n) is 2.93. The quantitative estimate of drug-likeness (QED) is 0.882. The number of nitrogens with zero attached hydrogens (tertiary/aromatic N) is 3. The third-order valence-corrected chi connectivity index (χ3v) is 5.16. The summed E-state index contributed by atoms with van der Waals surface area (Å²) in [5.74, 6) is 2.47. The normalized spacial score (nSPS) is 17.4. The van der Waals surface area contributed by atoms with Gasteiger partial charge in [0.15, 0.2) is 10.4 Å². The number of fused-ring (bicyclic) bond motifs is 1. The summed E-state index contributed by atoms with van der Waals surface area (Å²) >= 11 is 7.60. The van der Waals surface area contributed by atoms with Crippen LogP contribution in [0.15, 0.2) is 0 Å². The predicted molar refractivity (Wildman–Crippen MR) is 83.5 cm³/mol. The molecule has 0 radical (unpaired) electrons. The second-order valence-corrected chi connectivity index (χ2v) is 6.77. The van der Waals surface area contributed by atoms with Gasteiger partial charge in [0, 0.05) is 13.1 Å². The van der Waals surface area contributed by atoms with Crippen LogP contribution in [0, 0.1) is 4.77 Å². The molecule has 2 aromatic rings. The SMILES string of the molecule is CCCc1nn(C)c2c1[nH]c(=S)n2C1CCSCC1. The number of rotatable bonds is 3. The van der Waals surface area contributed by atoms with Crippen LogP contribution >= 0.6 is 24.0 Å². The number of thioether (sulfide) groups is 1. The molecular formula is C13H20N4S2. The van der Waals surface area contributed by atoms with Crippen LogP contribution in [-0.4, -0.2) is 30.8 Å². The number of hydrogen-bond donors (Lipinski definition) is 1. The summed E-state index contributed by atoms with van der Waals surface area (Å²) in [4.78, 5) is 3.39. The molecule has 1 fully saturated rings. The molecule has 4 nitrogen and oxygen atoms in total. The number of aromatic nitrogens is 4. The monoisotopic (exact) mass is 296 g/mol. The largest absolute Gasteiger partial charge is 0.328 e. The van der Waals surface area contributed by atoms with Gasteiger partial charge in [0.25, 0.3) is 0 Å². The van der Waals surface area contributed by atoms with Crippen LogP contribution in [0.5, 0.6) is 0 Å². The molecule has 3 rings (SSSR count). The number of imidazole rings is 1. The number of H-pyrrole nitrogens is 1. The van der Waals surface area contributed by atoms with Crippen LogP contribution in [0.1, 0.15) is 37.9 Å². The second-order valence-electron chi connectivity index (χ2n) is 5.16. The van der Waals surface area contributed by atoms with Gasteiger partial charge in [-0.25, -0.2) is 0 Å². The molecule has 6 heteroatoms. The molecule has 1 N–H and O–H groups in total. The Hall–Kier alpha value is -0.750. The highest BCUT2D eigenvalue weighted by Crippen LogP contribution is 2.31. The van der Waals surface area contributed by atoms with Gasteiger partial charge in [0.05, 0.1) is 5.69 Å². The average molecular weight is 296 g/mol. The summed E-state index contributed by atoms with van der Waals surface area (Å²) in [5.41, 5.74) is 3.47. The van der Waals surface area contributed by atoms with E-state index >= 15 is 0 Å². The lowest BCUT2D eigenvalue weighted by Crippen LogP contribution is -2.16. The van der Waals surface area contributed by atoms with Crippen LogP contribution in [0.3, 0.4) is 0 Å². The molecule has 0 bridgehead atoms. The molecule has 0 amide bonds. The second kappa shape index (κ2) is 5.32. The van der Waals surface area contributed by atoms with Crippen LogP contribution in [0.2, 0.25) is 0 Å². The van der Waals surface area contributed by atoms with E-state index < -0.39 is 0 Å². The zero-order valence-corrected chi connectivity index (χ0v) is 13.1. The van der Waals surface area contributed by atoms with Crippen LogP contribution in [0.25, 0.3) is 11.2 Å². The van der Waals surface area contributed by atoms with Crippen molar-refractivity contribution in [2.75, 3.05) is 11.5 Å². The average Bonchev–Trinajstić information content (AvgIpc) is 2.89. The molecule has 19 heavy (non-hydrogen) atoms. The number of aryl methyl sites for hydroxylation is 2. The van der Waals surface area contributed by atoms with Crippen LogP contribution in [0.4, 0.5) is 0 Å². The topological polar surface area (TPSA) is 38.5 Å². The van der Waals surface area contributed by atoms with E-state index in [1.165, 1.54) is 30.0 Å². The van der Waals surface area contributed by atoms with E-state index in [4.69, 9.17) is 12.2 Å². The van der Waals surface area contributed by atoms with E-state index in [-0.39, 0.29) is 0 Å². The van der Waals surface area contributed by atoms with Crippen LogP contribution < -0.4 is 0 Å². The Labute approximate surface area is 122 Å². The van der Waals surface area contributed by atoms with Crippen molar-refractivity contribution >= 4 is 35.1 Å². The maximum atomic E-state index is 5.55. The summed E-state index contributed by atoms with van der Waals surface area (Å²) in [6, 6.07) is 0.535. The van der Waals surface area contributed by atoms with Gasteiger partial charge in [0.1, 0.15) is 5.52 Å². The van der Waals surface area contributed by atoms with E-state index in [2.05, 4.69) is 21.6 Å². The van der Waals surface area contributed by atoms with Crippen molar-refractivity contribution in [1.29, 1.82) is 0 Å². The minimum atomic E-state index is 0.535. The van der Waals surface area contributed by atoms with Gasteiger partial charge in [-0.2, -0.15) is 16.9 Å². The molecule has 0 spiro atoms. The number of hydrogen-bond acceptors (Lipinski definition) is 3. The molecule has 0 aliphatic carbocycles. The molecule has 2 aromatic heterocycles. The molecular weight excluding hydrogens is 276 g/mol. The van der Waals surface area contributed by atoms with Gasteiger partial charge in [-0.1, -0.05) is 13.3 Å². The standard InChI is InChI=1S/C13H20N4S2/c1-3-4-10-11-12(16(2)15-10)17(13(18)14-11)9-5-7-19-8-6-9/h9H,3-8H2,1-2H3,(H,14,18). The molecule has 1 aliphatic heterocycles. The molecule has 1 saturated heterocycles. The zero-order chi connectivity index (χ0) is 13.4. The fraction of sp³-hybridized carbons (Fsp3) is 0.692. The lowest BCUT2D eigenvalue weighted by Gasteiger charge is -2.23. The molecule has 1 aliphatic rings. The summed E-state index contributed by atoms with van der Waals surface area (Å²) in [6.07, 6.45) is 4.53. The van der Waals surface area contributed by atoms with Crippen molar-refractivity contribution in [1.82, 2.24) is 19.3 Å². The molecule has 0 atom stereocenters. The molecule has 104 valence electrons. The molecule has 0 saturated carbocycles. The summed E-state index contributed by atoms with van der Waals surface area (Å²) in [5, 5.41) is 4.65. The highest BCUT2D eigenvalue weighted by Gasteiger charge is 2.22. The van der Waals surface area contributed by atoms with Crippen molar-refractivity contribution in [3.8, 4) is 0 Å². The van der Waals surface area contributed by atoms with Gasteiger partial charge >= 0.3 is 0 Å². The van der Waals surface area contributed by atoms with E-state index in [0.29, 0.717) is 6.04 Å². The fourth-order valence-corrected chi connectivity index (χ4v) is 4.35. The minimum absolute atomic E-state index is 0.535. The zero-order valence-electron chi connectivity index (χ0n) is 11.5. The van der Waals surface area contributed by atoms with Gasteiger partial charge in [-0.3, -0.25) is 9.25 Å². The Bertz CT molecular complexity index is 631. The molecule has 0 aromatic carbocycles. The Kier molecular flexibility index (Phi) is 3.71. The van der Waals surface area contributed by atoms with Gasteiger partial charge in [-0.05, 0) is 43.0 Å². The van der Waals surface area contributed by atoms with Gasteiger partial charge in [-0.15, -0.1) is 0 Å². The third-order valence-electron chi connectivity index (χ3n) is 3.81. The summed E-state index contributed by atoms with van der Waals surface area (Å²) in [6.45, 7) is 2.18. The van der Waals surface area contributed by atoms with Crippen LogP contribution in [-0.2, 0) is 13.5 Å². The first-order chi connectivity index (χ1) is 9.22. The van der Waals surface area contributed by atoms with Crippen molar-refractivity contribution in [2.24, 2.45) is 7.05 Å². The van der Waals surface area contributed by atoms with E-state index in [0.717, 1.165) is 28.8 Å². The Morgan fingerprint density at radius 2 is 2.16 bits per heavy atom. The predicted octanol–water partition coefficient (Wildman–Crippen LogP) is 3.45. The number of aromatic amines is 1. The van der Waals surface area contributed by atoms with Crippen molar-refractivity contribution in [3.05, 3.63) is 10.5 Å². The smallest absolute Gasteiger partial charge is 0.179 e. The maximum absolute atomic E-state index is 5.55. The minimum Gasteiger partial charge on any atom is -0.328 e. The van der Waals surface area contributed by atoms with E-state index in [1.807, 2.05) is 23.5 Å². The maximum Gasteiger partial charge on any atom is 0.179 e. The Morgan fingerprint density at radius 1 is 1.42 bits per heavy atom. The first-order valence-electron chi connectivity index (χ1n) is 6.96.